The molecule has 0 spiro atoms. The molecule has 0 radical (unpaired) electrons. The Balaban J connectivity index is 3.81. The van der Waals surface area contributed by atoms with Gasteiger partial charge in [0.2, 0.25) is 0 Å². The molecule has 0 bridgehead atoms. The standard InChI is InChI=1S/C7H16N2/c1-3-9-5-4-8-7(2)6-9/h7-8H,3-6H2,1-2H3/i1D3,2D3,3D2,4D2,5D2,6D2,7D. The molecule has 0 aromatic carbocycles. The molecular weight excluding hydrogens is 112 g/mol. The molecule has 0 amide bonds. The van der Waals surface area contributed by atoms with Crippen LogP contribution in [0.4, 0.5) is 0 Å². The van der Waals surface area contributed by atoms with Crippen molar-refractivity contribution in [1.29, 1.82) is 0 Å². The van der Waals surface area contributed by atoms with E-state index in [1.807, 2.05) is 0 Å². The van der Waals surface area contributed by atoms with Crippen LogP contribution in [0, 0.1) is 0 Å². The molecule has 54 valence electrons. The summed E-state index contributed by atoms with van der Waals surface area (Å²) < 4.78 is 113. The number of rotatable bonds is 1. The van der Waals surface area contributed by atoms with Gasteiger partial charge in [0.25, 0.3) is 0 Å². The molecule has 1 aliphatic heterocycles. The summed E-state index contributed by atoms with van der Waals surface area (Å²) in [7, 11) is 0. The number of nitrogens with one attached hydrogen (secondary N) is 1. The van der Waals surface area contributed by atoms with Crippen molar-refractivity contribution in [2.45, 2.75) is 19.7 Å². The largest absolute Gasteiger partial charge is 0.312 e. The molecule has 0 aromatic rings. The molecule has 0 aromatic heterocycles. The summed E-state index contributed by atoms with van der Waals surface area (Å²) in [5.41, 5.74) is 0. The molecule has 1 N–H and O–H groups in total. The zero-order chi connectivity index (χ0) is 19.8. The van der Waals surface area contributed by atoms with Crippen LogP contribution >= 0.6 is 0 Å². The molecule has 0 aliphatic carbocycles. The van der Waals surface area contributed by atoms with Crippen LogP contribution in [0.3, 0.4) is 0 Å². The minimum absolute atomic E-state index is 0.657. The Morgan fingerprint density at radius 3 is 4.00 bits per heavy atom. The van der Waals surface area contributed by atoms with Crippen LogP contribution in [0.1, 0.15) is 34.3 Å². The highest BCUT2D eigenvalue weighted by Gasteiger charge is 2.12. The van der Waals surface area contributed by atoms with Crippen LogP contribution in [0.2, 0.25) is 0 Å². The Morgan fingerprint density at radius 1 is 2.22 bits per heavy atom. The van der Waals surface area contributed by atoms with E-state index in [1.165, 1.54) is 5.32 Å². The third-order valence-electron chi connectivity index (χ3n) is 0.691. The monoisotopic (exact) mass is 143 g/mol. The average Bonchev–Trinajstić information content (AvgIpc) is 2.21. The number of hydrogen-bond donors (Lipinski definition) is 1. The second-order valence-electron chi connectivity index (χ2n) is 1.30. The fraction of sp³-hybridized carbons (Fsp3) is 1.00. The Kier molecular flexibility index (Phi) is 0.346. The van der Waals surface area contributed by atoms with Gasteiger partial charge in [-0.05, 0) is 13.3 Å². The Hall–Kier alpha value is -0.0800. The van der Waals surface area contributed by atoms with Crippen molar-refractivity contribution in [3.63, 3.8) is 0 Å². The zero-order valence-corrected chi connectivity index (χ0v) is 4.45. The lowest BCUT2D eigenvalue weighted by Crippen LogP contribution is -2.48. The van der Waals surface area contributed by atoms with Crippen molar-refractivity contribution in [1.82, 2.24) is 10.2 Å². The smallest absolute Gasteiger partial charge is 0.0475 e. The number of hydrogen-bond acceptors (Lipinski definition) is 2. The predicted molar refractivity (Wildman–Crippen MR) is 39.6 cm³/mol. The van der Waals surface area contributed by atoms with Gasteiger partial charge in [-0.3, -0.25) is 0 Å². The number of likely N-dealkylation sites (N-methyl/N-ethyl adjacent to an activating group) is 1. The molecule has 1 saturated heterocycles. The minimum atomic E-state index is -3.81. The SMILES string of the molecule is [2H]C([2H])([2H])C([2H])([2H])N1C([2H])([2H])C([2H])([2H])NC([2H])(C([2H])([2H])[2H])C1([2H])[2H]. The van der Waals surface area contributed by atoms with Crippen molar-refractivity contribution in [3.05, 3.63) is 0 Å². The maximum absolute atomic E-state index is 7.87. The van der Waals surface area contributed by atoms with Crippen molar-refractivity contribution in [2.24, 2.45) is 0 Å². The second-order valence-corrected chi connectivity index (χ2v) is 1.30. The van der Waals surface area contributed by atoms with Gasteiger partial charge in [0.05, 0.1) is 0 Å². The third-order valence-corrected chi connectivity index (χ3v) is 0.691. The van der Waals surface area contributed by atoms with E-state index in [0.29, 0.717) is 0 Å². The second kappa shape index (κ2) is 3.18. The first-order valence-corrected chi connectivity index (χ1v) is 2.17. The van der Waals surface area contributed by atoms with E-state index in [-0.39, 0.29) is 0 Å². The topological polar surface area (TPSA) is 15.3 Å². The van der Waals surface area contributed by atoms with E-state index in [9.17, 15) is 0 Å². The first-order chi connectivity index (χ1) is 10.1. The fourth-order valence-electron chi connectivity index (χ4n) is 0.370. The highest BCUT2D eigenvalue weighted by Crippen LogP contribution is 1.95. The lowest BCUT2D eigenvalue weighted by molar-refractivity contribution is 0.217. The quantitative estimate of drug-likeness (QED) is 0.568. The van der Waals surface area contributed by atoms with Crippen molar-refractivity contribution >= 4 is 0 Å². The molecular formula is C7H16N2. The molecule has 1 aliphatic rings. The highest BCUT2D eigenvalue weighted by molar-refractivity contribution is 4.73. The average molecular weight is 143 g/mol. The molecule has 2 nitrogen and oxygen atoms in total. The molecule has 1 rings (SSSR count). The molecule has 1 atom stereocenters. The Morgan fingerprint density at radius 2 is 3.22 bits per heavy atom. The van der Waals surface area contributed by atoms with Gasteiger partial charge in [0.15, 0.2) is 0 Å². The van der Waals surface area contributed by atoms with Crippen molar-refractivity contribution in [3.8, 4) is 0 Å². The van der Waals surface area contributed by atoms with Crippen molar-refractivity contribution in [2.75, 3.05) is 26.0 Å². The van der Waals surface area contributed by atoms with Gasteiger partial charge < -0.3 is 10.2 Å². The van der Waals surface area contributed by atoms with E-state index < -0.39 is 50.6 Å². The summed E-state index contributed by atoms with van der Waals surface area (Å²) in [5.74, 6) is 0. The van der Waals surface area contributed by atoms with Gasteiger partial charge in [-0.1, -0.05) is 6.85 Å². The first kappa shape index (κ1) is 0.978. The normalized spacial score (nSPS) is 84.7. The molecule has 1 fully saturated rings. The van der Waals surface area contributed by atoms with Gasteiger partial charge in [-0.25, -0.2) is 0 Å². The van der Waals surface area contributed by atoms with E-state index in [1.54, 1.807) is 0 Å². The summed E-state index contributed by atoms with van der Waals surface area (Å²) in [6, 6.07) is -3.55. The van der Waals surface area contributed by atoms with Gasteiger partial charge in [0, 0.05) is 46.1 Å². The van der Waals surface area contributed by atoms with Gasteiger partial charge in [0.1, 0.15) is 0 Å². The van der Waals surface area contributed by atoms with E-state index in [4.69, 9.17) is 20.6 Å². The minimum Gasteiger partial charge on any atom is -0.312 e. The maximum atomic E-state index is 7.87. The van der Waals surface area contributed by atoms with Crippen LogP contribution in [0.25, 0.3) is 0 Å². The summed E-state index contributed by atoms with van der Waals surface area (Å²) >= 11 is 0. The van der Waals surface area contributed by atoms with Crippen molar-refractivity contribution < 1.29 is 20.6 Å². The van der Waals surface area contributed by atoms with Gasteiger partial charge in [-0.15, -0.1) is 0 Å². The molecule has 9 heavy (non-hydrogen) atoms. The van der Waals surface area contributed by atoms with E-state index >= 15 is 0 Å². The number of nitrogens with zero attached hydrogens (tertiary/aromatic N) is 1. The first-order valence-electron chi connectivity index (χ1n) is 9.67. The van der Waals surface area contributed by atoms with Crippen LogP contribution in [0.15, 0.2) is 0 Å². The maximum Gasteiger partial charge on any atom is 0.0475 e. The van der Waals surface area contributed by atoms with Crippen LogP contribution in [0.5, 0.6) is 0 Å². The number of piperazine rings is 1. The summed E-state index contributed by atoms with van der Waals surface area (Å²) in [6.45, 7) is -21.9. The zero-order valence-electron chi connectivity index (χ0n) is 19.4. The van der Waals surface area contributed by atoms with Crippen LogP contribution in [-0.4, -0.2) is 36.9 Å². The third kappa shape index (κ3) is 1.95. The summed E-state index contributed by atoms with van der Waals surface area (Å²) in [5, 5.41) is 1.44. The highest BCUT2D eigenvalue weighted by atomic mass is 15.2. The summed E-state index contributed by atoms with van der Waals surface area (Å²) in [4.78, 5) is -0.657. The van der Waals surface area contributed by atoms with E-state index in [0.717, 1.165) is 0 Å². The molecule has 0 saturated carbocycles. The lowest BCUT2D eigenvalue weighted by atomic mass is 10.2. The molecule has 2 heteroatoms. The van der Waals surface area contributed by atoms with E-state index in [2.05, 4.69) is 0 Å². The predicted octanol–water partition coefficient (Wildman–Crippen LogP) is 0.300. The Bertz CT molecular complexity index is 495. The van der Waals surface area contributed by atoms with Crippen LogP contribution < -0.4 is 5.32 Å². The van der Waals surface area contributed by atoms with Gasteiger partial charge >= 0.3 is 0 Å². The fourth-order valence-corrected chi connectivity index (χ4v) is 0.370. The summed E-state index contributed by atoms with van der Waals surface area (Å²) in [6.07, 6.45) is 0. The molecule has 1 heterocycles. The lowest BCUT2D eigenvalue weighted by Gasteiger charge is -2.30. The van der Waals surface area contributed by atoms with Crippen LogP contribution in [-0.2, 0) is 0 Å². The Labute approximate surface area is 78.3 Å². The van der Waals surface area contributed by atoms with Gasteiger partial charge in [-0.2, -0.15) is 0 Å². The molecule has 1 unspecified atom stereocenters.